The number of nitrogens with one attached hydrogen (secondary N) is 1. The first-order chi connectivity index (χ1) is 7.64. The molecule has 3 nitrogen and oxygen atoms in total. The predicted molar refractivity (Wildman–Crippen MR) is 50.0 cm³/mol. The molecular weight excluding hydrogens is 269 g/mol. The van der Waals surface area contributed by atoms with Crippen molar-refractivity contribution in [1.29, 1.82) is 0 Å². The van der Waals surface area contributed by atoms with Crippen LogP contribution < -0.4 is 5.32 Å². The standard InChI is InChI=1S/C8H10F5NO2S/c9-7(10,8(11,12)13)6(15)14-5-1-3-17(16)4-2-5/h5H,1-4H2,(H,14,15). The lowest BCUT2D eigenvalue weighted by Gasteiger charge is -2.25. The van der Waals surface area contributed by atoms with E-state index in [1.54, 1.807) is 5.32 Å². The maximum Gasteiger partial charge on any atom is 0.463 e. The van der Waals surface area contributed by atoms with Gasteiger partial charge in [0.1, 0.15) is 0 Å². The van der Waals surface area contributed by atoms with Crippen LogP contribution in [0.15, 0.2) is 0 Å². The Morgan fingerprint density at radius 1 is 1.12 bits per heavy atom. The van der Waals surface area contributed by atoms with Crippen molar-refractivity contribution < 1.29 is 31.0 Å². The van der Waals surface area contributed by atoms with Crippen molar-refractivity contribution in [3.8, 4) is 0 Å². The molecule has 1 aliphatic rings. The summed E-state index contributed by atoms with van der Waals surface area (Å²) in [7, 11) is -1.07. The number of hydrogen-bond donors (Lipinski definition) is 1. The molecule has 0 radical (unpaired) electrons. The molecule has 100 valence electrons. The smallest absolute Gasteiger partial charge is 0.348 e. The Morgan fingerprint density at radius 2 is 1.59 bits per heavy atom. The van der Waals surface area contributed by atoms with Crippen LogP contribution in [0.3, 0.4) is 0 Å². The quantitative estimate of drug-likeness (QED) is 0.772. The molecule has 0 aliphatic carbocycles. The van der Waals surface area contributed by atoms with Gasteiger partial charge >= 0.3 is 18.0 Å². The highest BCUT2D eigenvalue weighted by molar-refractivity contribution is 7.85. The second-order valence-corrected chi connectivity index (χ2v) is 5.36. The maximum absolute atomic E-state index is 12.6. The highest BCUT2D eigenvalue weighted by atomic mass is 32.2. The van der Waals surface area contributed by atoms with E-state index >= 15 is 0 Å². The van der Waals surface area contributed by atoms with Crippen LogP contribution >= 0.6 is 0 Å². The molecular formula is C8H10F5NO2S. The van der Waals surface area contributed by atoms with Gasteiger partial charge in [-0.15, -0.1) is 0 Å². The minimum atomic E-state index is -5.89. The first-order valence-electron chi connectivity index (χ1n) is 4.75. The van der Waals surface area contributed by atoms with Crippen molar-refractivity contribution in [2.75, 3.05) is 11.5 Å². The van der Waals surface area contributed by atoms with E-state index in [1.807, 2.05) is 0 Å². The van der Waals surface area contributed by atoms with Gasteiger partial charge in [0.05, 0.1) is 0 Å². The van der Waals surface area contributed by atoms with Crippen LogP contribution in [0.2, 0.25) is 0 Å². The van der Waals surface area contributed by atoms with E-state index in [2.05, 4.69) is 0 Å². The summed E-state index contributed by atoms with van der Waals surface area (Å²) in [5.41, 5.74) is 0. The van der Waals surface area contributed by atoms with Crippen LogP contribution in [0.25, 0.3) is 0 Å². The number of rotatable bonds is 2. The van der Waals surface area contributed by atoms with E-state index < -0.39 is 34.8 Å². The fourth-order valence-electron chi connectivity index (χ4n) is 1.34. The molecule has 1 aliphatic heterocycles. The van der Waals surface area contributed by atoms with Gasteiger partial charge in [0.15, 0.2) is 0 Å². The van der Waals surface area contributed by atoms with Crippen molar-refractivity contribution in [3.05, 3.63) is 0 Å². The third-order valence-corrected chi connectivity index (χ3v) is 3.75. The van der Waals surface area contributed by atoms with Crippen molar-refractivity contribution in [3.63, 3.8) is 0 Å². The average molecular weight is 279 g/mol. The molecule has 0 spiro atoms. The van der Waals surface area contributed by atoms with Crippen LogP contribution in [0, 0.1) is 0 Å². The van der Waals surface area contributed by atoms with Gasteiger partial charge in [0, 0.05) is 28.3 Å². The van der Waals surface area contributed by atoms with Crippen molar-refractivity contribution in [2.45, 2.75) is 31.0 Å². The number of halogens is 5. The molecule has 0 bridgehead atoms. The molecule has 1 heterocycles. The normalized spacial score (nSPS) is 26.6. The highest BCUT2D eigenvalue weighted by Crippen LogP contribution is 2.35. The van der Waals surface area contributed by atoms with E-state index in [9.17, 15) is 31.0 Å². The molecule has 0 atom stereocenters. The third kappa shape index (κ3) is 3.36. The van der Waals surface area contributed by atoms with E-state index in [-0.39, 0.29) is 24.3 Å². The van der Waals surface area contributed by atoms with Crippen molar-refractivity contribution in [2.24, 2.45) is 0 Å². The second-order valence-electron chi connectivity index (χ2n) is 3.67. The van der Waals surface area contributed by atoms with E-state index in [1.165, 1.54) is 0 Å². The first-order valence-corrected chi connectivity index (χ1v) is 6.24. The summed E-state index contributed by atoms with van der Waals surface area (Å²) in [5, 5.41) is 1.64. The Kier molecular flexibility index (Phi) is 4.11. The highest BCUT2D eigenvalue weighted by Gasteiger charge is 2.63. The number of carbonyl (C=O) groups excluding carboxylic acids is 1. The van der Waals surface area contributed by atoms with E-state index in [0.29, 0.717) is 0 Å². The Hall–Kier alpha value is -0.730. The van der Waals surface area contributed by atoms with Gasteiger partial charge in [-0.05, 0) is 12.8 Å². The van der Waals surface area contributed by atoms with Gasteiger partial charge in [-0.1, -0.05) is 0 Å². The lowest BCUT2D eigenvalue weighted by molar-refractivity contribution is -0.270. The molecule has 0 aromatic carbocycles. The van der Waals surface area contributed by atoms with Gasteiger partial charge in [-0.2, -0.15) is 22.0 Å². The number of carbonyl (C=O) groups is 1. The van der Waals surface area contributed by atoms with Crippen molar-refractivity contribution >= 4 is 16.7 Å². The molecule has 1 amide bonds. The lowest BCUT2D eigenvalue weighted by Crippen LogP contribution is -2.53. The molecule has 1 fully saturated rings. The largest absolute Gasteiger partial charge is 0.463 e. The van der Waals surface area contributed by atoms with Crippen LogP contribution in [0.4, 0.5) is 22.0 Å². The Morgan fingerprint density at radius 3 is 2.00 bits per heavy atom. The summed E-state index contributed by atoms with van der Waals surface area (Å²) in [6.45, 7) is 0. The van der Waals surface area contributed by atoms with Gasteiger partial charge in [0.2, 0.25) is 0 Å². The summed E-state index contributed by atoms with van der Waals surface area (Å²) >= 11 is 0. The van der Waals surface area contributed by atoms with Gasteiger partial charge in [-0.25, -0.2) is 0 Å². The molecule has 1 rings (SSSR count). The summed E-state index contributed by atoms with van der Waals surface area (Å²) in [4.78, 5) is 10.8. The fourth-order valence-corrected chi connectivity index (χ4v) is 2.64. The number of amides is 1. The molecule has 0 aromatic heterocycles. The molecule has 1 N–H and O–H groups in total. The minimum absolute atomic E-state index is 0.145. The topological polar surface area (TPSA) is 46.2 Å². The third-order valence-electron chi connectivity index (χ3n) is 2.36. The molecule has 0 unspecified atom stereocenters. The van der Waals surface area contributed by atoms with E-state index in [0.717, 1.165) is 0 Å². The minimum Gasteiger partial charge on any atom is -0.348 e. The molecule has 9 heteroatoms. The number of alkyl halides is 5. The SMILES string of the molecule is O=C(NC1CCS(=O)CC1)C(F)(F)C(F)(F)F. The second kappa shape index (κ2) is 4.87. The first kappa shape index (κ1) is 14.3. The Labute approximate surface area is 96.2 Å². The zero-order valence-corrected chi connectivity index (χ0v) is 9.34. The van der Waals surface area contributed by atoms with Crippen LogP contribution in [0.5, 0.6) is 0 Å². The summed E-state index contributed by atoms with van der Waals surface area (Å²) < 4.78 is 71.6. The Bertz CT molecular complexity index is 320. The van der Waals surface area contributed by atoms with Crippen LogP contribution in [0.1, 0.15) is 12.8 Å². The molecule has 0 aromatic rings. The Balaban J connectivity index is 2.58. The molecule has 17 heavy (non-hydrogen) atoms. The molecule has 1 saturated heterocycles. The van der Waals surface area contributed by atoms with E-state index in [4.69, 9.17) is 0 Å². The van der Waals surface area contributed by atoms with Gasteiger partial charge < -0.3 is 5.32 Å². The summed E-state index contributed by atoms with van der Waals surface area (Å²) in [6, 6.07) is -0.770. The average Bonchev–Trinajstić information content (AvgIpc) is 2.19. The zero-order chi connectivity index (χ0) is 13.3. The maximum atomic E-state index is 12.6. The fraction of sp³-hybridized carbons (Fsp3) is 0.875. The predicted octanol–water partition coefficient (Wildman–Crippen LogP) is 1.21. The van der Waals surface area contributed by atoms with Gasteiger partial charge in [-0.3, -0.25) is 9.00 Å². The summed E-state index contributed by atoms with van der Waals surface area (Å²) in [5.74, 6) is -7.34. The monoisotopic (exact) mass is 279 g/mol. The number of hydrogen-bond acceptors (Lipinski definition) is 2. The van der Waals surface area contributed by atoms with Crippen molar-refractivity contribution in [1.82, 2.24) is 5.32 Å². The zero-order valence-electron chi connectivity index (χ0n) is 8.52. The molecule has 0 saturated carbocycles. The summed E-state index contributed by atoms with van der Waals surface area (Å²) in [6.07, 6.45) is -5.60. The van der Waals surface area contributed by atoms with Gasteiger partial charge in [0.25, 0.3) is 0 Å². The van der Waals surface area contributed by atoms with Crippen LogP contribution in [-0.2, 0) is 15.6 Å². The lowest BCUT2D eigenvalue weighted by atomic mass is 10.1. The van der Waals surface area contributed by atoms with Crippen LogP contribution in [-0.4, -0.2) is 39.8 Å².